The Kier molecular flexibility index (Phi) is 7.18. The van der Waals surface area contributed by atoms with E-state index < -0.39 is 11.2 Å². The molecule has 3 N–H and O–H groups in total. The normalized spacial score (nSPS) is 11.2. The Bertz CT molecular complexity index is 1210. The number of thioether (sulfide) groups is 1. The Morgan fingerprint density at radius 3 is 2.50 bits per heavy atom. The van der Waals surface area contributed by atoms with Gasteiger partial charge >= 0.3 is 5.69 Å². The molecular weight excluding hydrogens is 430 g/mol. The summed E-state index contributed by atoms with van der Waals surface area (Å²) in [7, 11) is 1.85. The number of nitrogens with one attached hydrogen (secondary N) is 1. The summed E-state index contributed by atoms with van der Waals surface area (Å²) in [5, 5.41) is 8.91. The third-order valence-electron chi connectivity index (χ3n) is 4.99. The van der Waals surface area contributed by atoms with Crippen LogP contribution in [0, 0.1) is 0 Å². The number of H-pyrrole nitrogens is 1. The maximum Gasteiger partial charge on any atom is 0.330 e. The van der Waals surface area contributed by atoms with Crippen molar-refractivity contribution in [3.05, 3.63) is 62.6 Å². The fourth-order valence-corrected chi connectivity index (χ4v) is 4.17. The number of nitrogen functional groups attached to an aromatic ring is 1. The first kappa shape index (κ1) is 23.3. The number of benzene rings is 1. The molecule has 0 unspecified atom stereocenters. The molecule has 0 bridgehead atoms. The molecule has 0 aliphatic rings. The van der Waals surface area contributed by atoms with Crippen LogP contribution in [-0.2, 0) is 18.4 Å². The molecule has 32 heavy (non-hydrogen) atoms. The van der Waals surface area contributed by atoms with Crippen molar-refractivity contribution in [2.75, 3.05) is 22.9 Å². The van der Waals surface area contributed by atoms with Gasteiger partial charge in [-0.05, 0) is 12.5 Å². The van der Waals surface area contributed by atoms with E-state index in [0.717, 1.165) is 11.4 Å². The fraction of sp³-hybridized carbons (Fsp3) is 0.381. The minimum atomic E-state index is -0.697. The molecule has 0 saturated heterocycles. The summed E-state index contributed by atoms with van der Waals surface area (Å²) in [5.41, 5.74) is 5.72. The van der Waals surface area contributed by atoms with Crippen molar-refractivity contribution < 1.29 is 4.79 Å². The average molecular weight is 458 g/mol. The van der Waals surface area contributed by atoms with Crippen LogP contribution in [0.3, 0.4) is 0 Å². The summed E-state index contributed by atoms with van der Waals surface area (Å²) in [6, 6.07) is 9.26. The van der Waals surface area contributed by atoms with E-state index in [-0.39, 0.29) is 42.2 Å². The molecule has 10 nitrogen and oxygen atoms in total. The molecule has 0 saturated carbocycles. The largest absolute Gasteiger partial charge is 0.383 e. The number of amides is 1. The van der Waals surface area contributed by atoms with E-state index in [9.17, 15) is 14.4 Å². The van der Waals surface area contributed by atoms with Crippen molar-refractivity contribution in [1.82, 2.24) is 24.3 Å². The zero-order chi connectivity index (χ0) is 23.4. The molecule has 170 valence electrons. The average Bonchev–Trinajstić information content (AvgIpc) is 3.13. The predicted octanol–water partition coefficient (Wildman–Crippen LogP) is 1.56. The minimum Gasteiger partial charge on any atom is -0.383 e. The molecule has 2 heterocycles. The van der Waals surface area contributed by atoms with Crippen LogP contribution in [0.15, 0.2) is 45.1 Å². The van der Waals surface area contributed by atoms with E-state index in [1.54, 1.807) is 6.92 Å². The number of hydrogen-bond donors (Lipinski definition) is 2. The van der Waals surface area contributed by atoms with Crippen molar-refractivity contribution in [2.24, 2.45) is 7.05 Å². The van der Waals surface area contributed by atoms with Gasteiger partial charge in [0.1, 0.15) is 11.6 Å². The van der Waals surface area contributed by atoms with E-state index in [1.807, 2.05) is 55.8 Å². The summed E-state index contributed by atoms with van der Waals surface area (Å²) in [4.78, 5) is 41.6. The molecular formula is C21H27N7O3S. The van der Waals surface area contributed by atoms with Crippen molar-refractivity contribution >= 4 is 29.2 Å². The zero-order valence-corrected chi connectivity index (χ0v) is 19.3. The maximum atomic E-state index is 13.0. The third kappa shape index (κ3) is 4.77. The Labute approximate surface area is 189 Å². The molecule has 0 aliphatic heterocycles. The topological polar surface area (TPSA) is 132 Å². The highest BCUT2D eigenvalue weighted by Crippen LogP contribution is 2.23. The summed E-state index contributed by atoms with van der Waals surface area (Å²) in [5.74, 6) is 0.682. The predicted molar refractivity (Wildman–Crippen MR) is 125 cm³/mol. The molecule has 1 aromatic carbocycles. The van der Waals surface area contributed by atoms with E-state index in [1.165, 1.54) is 21.2 Å². The van der Waals surface area contributed by atoms with Crippen LogP contribution in [-0.4, -0.2) is 42.5 Å². The number of carbonyl (C=O) groups is 1. The van der Waals surface area contributed by atoms with Gasteiger partial charge in [0.2, 0.25) is 5.91 Å². The highest BCUT2D eigenvalue weighted by Gasteiger charge is 2.24. The first-order valence-corrected chi connectivity index (χ1v) is 11.2. The second-order valence-electron chi connectivity index (χ2n) is 7.55. The molecule has 3 rings (SSSR count). The van der Waals surface area contributed by atoms with Gasteiger partial charge < -0.3 is 15.2 Å². The van der Waals surface area contributed by atoms with Gasteiger partial charge in [-0.25, -0.2) is 4.79 Å². The number of rotatable bonds is 8. The van der Waals surface area contributed by atoms with E-state index in [2.05, 4.69) is 15.2 Å². The fourth-order valence-electron chi connectivity index (χ4n) is 3.38. The Morgan fingerprint density at radius 1 is 1.22 bits per heavy atom. The molecule has 0 radical (unpaired) electrons. The molecule has 2 aromatic heterocycles. The first-order chi connectivity index (χ1) is 15.2. The van der Waals surface area contributed by atoms with Crippen molar-refractivity contribution in [1.29, 1.82) is 0 Å². The van der Waals surface area contributed by atoms with Gasteiger partial charge in [0.15, 0.2) is 10.8 Å². The molecule has 11 heteroatoms. The second kappa shape index (κ2) is 9.86. The number of nitrogens with two attached hydrogens (primary N) is 1. The van der Waals surface area contributed by atoms with E-state index in [4.69, 9.17) is 5.73 Å². The van der Waals surface area contributed by atoms with Crippen molar-refractivity contribution in [3.63, 3.8) is 0 Å². The summed E-state index contributed by atoms with van der Waals surface area (Å²) >= 11 is 1.23. The smallest absolute Gasteiger partial charge is 0.330 e. The summed E-state index contributed by atoms with van der Waals surface area (Å²) in [6.07, 6.45) is 0. The SMILES string of the molecule is CCN(C(=O)CSc1nnc(C(C)C)n1C)c1c(N)n(Cc2ccccc2)c(=O)[nH]c1=O. The van der Waals surface area contributed by atoms with Crippen LogP contribution in [0.4, 0.5) is 11.5 Å². The number of nitrogens with zero attached hydrogens (tertiary/aromatic N) is 5. The molecule has 0 atom stereocenters. The Hall–Kier alpha value is -3.34. The summed E-state index contributed by atoms with van der Waals surface area (Å²) in [6.45, 7) is 6.16. The monoisotopic (exact) mass is 457 g/mol. The second-order valence-corrected chi connectivity index (χ2v) is 8.49. The standard InChI is InChI=1S/C21H27N7O3S/c1-5-27(15(29)12-32-21-25-24-18(13(2)3)26(21)4)16-17(22)28(20(31)23-19(16)30)11-14-9-7-6-8-10-14/h6-10,13H,5,11-12,22H2,1-4H3,(H,23,30,31). The number of aromatic amines is 1. The van der Waals surface area contributed by atoms with Gasteiger partial charge in [0.25, 0.3) is 5.56 Å². The van der Waals surface area contributed by atoms with Gasteiger partial charge in [0, 0.05) is 19.5 Å². The van der Waals surface area contributed by atoms with Gasteiger partial charge in [-0.15, -0.1) is 10.2 Å². The highest BCUT2D eigenvalue weighted by atomic mass is 32.2. The Balaban J connectivity index is 1.87. The molecule has 1 amide bonds. The maximum absolute atomic E-state index is 13.0. The lowest BCUT2D eigenvalue weighted by Crippen LogP contribution is -2.41. The lowest BCUT2D eigenvalue weighted by atomic mass is 10.2. The van der Waals surface area contributed by atoms with Crippen LogP contribution in [0.2, 0.25) is 0 Å². The quantitative estimate of drug-likeness (QED) is 0.491. The molecule has 0 aliphatic carbocycles. The number of hydrogen-bond acceptors (Lipinski definition) is 7. The highest BCUT2D eigenvalue weighted by molar-refractivity contribution is 7.99. The van der Waals surface area contributed by atoms with Gasteiger partial charge in [-0.1, -0.05) is 55.9 Å². The van der Waals surface area contributed by atoms with Crippen LogP contribution >= 0.6 is 11.8 Å². The van der Waals surface area contributed by atoms with Crippen LogP contribution < -0.4 is 21.9 Å². The summed E-state index contributed by atoms with van der Waals surface area (Å²) < 4.78 is 3.10. The lowest BCUT2D eigenvalue weighted by Gasteiger charge is -2.23. The lowest BCUT2D eigenvalue weighted by molar-refractivity contribution is -0.116. The van der Waals surface area contributed by atoms with Crippen LogP contribution in [0.1, 0.15) is 38.1 Å². The molecule has 3 aromatic rings. The van der Waals surface area contributed by atoms with Crippen molar-refractivity contribution in [2.45, 2.75) is 38.4 Å². The number of anilines is 2. The van der Waals surface area contributed by atoms with E-state index >= 15 is 0 Å². The first-order valence-electron chi connectivity index (χ1n) is 10.2. The van der Waals surface area contributed by atoms with Crippen LogP contribution in [0.25, 0.3) is 0 Å². The molecule has 0 spiro atoms. The van der Waals surface area contributed by atoms with Crippen LogP contribution in [0.5, 0.6) is 0 Å². The molecule has 0 fully saturated rings. The van der Waals surface area contributed by atoms with Crippen molar-refractivity contribution in [3.8, 4) is 0 Å². The van der Waals surface area contributed by atoms with Gasteiger partial charge in [-0.3, -0.25) is 19.1 Å². The minimum absolute atomic E-state index is 0.0329. The van der Waals surface area contributed by atoms with Gasteiger partial charge in [0.05, 0.1) is 12.3 Å². The zero-order valence-electron chi connectivity index (χ0n) is 18.5. The number of aromatic nitrogens is 5. The Morgan fingerprint density at radius 2 is 1.91 bits per heavy atom. The van der Waals surface area contributed by atoms with Gasteiger partial charge in [-0.2, -0.15) is 0 Å². The van der Waals surface area contributed by atoms with E-state index in [0.29, 0.717) is 5.16 Å². The third-order valence-corrected chi connectivity index (χ3v) is 6.00. The number of carbonyl (C=O) groups excluding carboxylic acids is 1.